The van der Waals surface area contributed by atoms with Crippen LogP contribution in [0.25, 0.3) is 0 Å². The number of nitrogens with one attached hydrogen (secondary N) is 1. The molecule has 194 valence electrons. The van der Waals surface area contributed by atoms with E-state index in [1.165, 1.54) is 11.1 Å². The number of rotatable bonds is 6. The van der Waals surface area contributed by atoms with Crippen molar-refractivity contribution in [2.24, 2.45) is 11.8 Å². The van der Waals surface area contributed by atoms with E-state index in [1.807, 2.05) is 31.2 Å². The normalized spacial score (nSPS) is 25.1. The first-order chi connectivity index (χ1) is 18.0. The lowest BCUT2D eigenvalue weighted by atomic mass is 9.88. The number of aromatic nitrogens is 1. The van der Waals surface area contributed by atoms with E-state index >= 15 is 0 Å². The Morgan fingerprint density at radius 1 is 1.08 bits per heavy atom. The zero-order valence-corrected chi connectivity index (χ0v) is 21.3. The van der Waals surface area contributed by atoms with Crippen LogP contribution in [0, 0.1) is 18.8 Å². The summed E-state index contributed by atoms with van der Waals surface area (Å²) in [7, 11) is 0. The molecule has 2 saturated heterocycles. The maximum Gasteiger partial charge on any atom is 0.250 e. The van der Waals surface area contributed by atoms with Crippen molar-refractivity contribution in [3.05, 3.63) is 65.0 Å². The molecule has 1 saturated carbocycles. The molecule has 2 aliphatic heterocycles. The molecule has 0 unspecified atom stereocenters. The number of morpholine rings is 1. The third-order valence-corrected chi connectivity index (χ3v) is 8.35. The Morgan fingerprint density at radius 2 is 1.78 bits per heavy atom. The highest BCUT2D eigenvalue weighted by molar-refractivity contribution is 6.00. The number of carbonyl (C=O) groups is 3. The van der Waals surface area contributed by atoms with Crippen LogP contribution in [-0.2, 0) is 32.0 Å². The molecule has 3 atom stereocenters. The Morgan fingerprint density at radius 3 is 2.41 bits per heavy atom. The summed E-state index contributed by atoms with van der Waals surface area (Å²) in [6.45, 7) is 3.77. The third kappa shape index (κ3) is 4.75. The molecule has 2 aliphatic carbocycles. The fraction of sp³-hybridized carbons (Fsp3) is 0.517. The Labute approximate surface area is 217 Å². The van der Waals surface area contributed by atoms with Gasteiger partial charge in [0, 0.05) is 30.5 Å². The summed E-state index contributed by atoms with van der Waals surface area (Å²) in [6, 6.07) is 9.75. The van der Waals surface area contributed by atoms with Crippen LogP contribution < -0.4 is 5.32 Å². The van der Waals surface area contributed by atoms with Crippen molar-refractivity contribution >= 4 is 17.7 Å². The number of fused-ring (bicyclic) bond motifs is 1. The molecule has 1 N–H and O–H groups in total. The number of aryl methyl sites for hydroxylation is 1. The molecule has 2 aromatic rings. The molecule has 1 aromatic carbocycles. The van der Waals surface area contributed by atoms with Gasteiger partial charge in [-0.3, -0.25) is 19.4 Å². The second-order valence-corrected chi connectivity index (χ2v) is 10.9. The van der Waals surface area contributed by atoms with Gasteiger partial charge in [0.25, 0.3) is 0 Å². The molecular weight excluding hydrogens is 468 g/mol. The molecule has 1 aromatic heterocycles. The zero-order valence-electron chi connectivity index (χ0n) is 21.3. The maximum absolute atomic E-state index is 14.4. The Balaban J connectivity index is 1.38. The number of benzene rings is 1. The number of pyridine rings is 1. The smallest absolute Gasteiger partial charge is 0.250 e. The molecule has 37 heavy (non-hydrogen) atoms. The van der Waals surface area contributed by atoms with E-state index in [0.717, 1.165) is 31.4 Å². The van der Waals surface area contributed by atoms with Crippen LogP contribution in [0.4, 0.5) is 0 Å². The van der Waals surface area contributed by atoms with Crippen molar-refractivity contribution in [3.63, 3.8) is 0 Å². The van der Waals surface area contributed by atoms with Crippen molar-refractivity contribution in [2.75, 3.05) is 26.3 Å². The van der Waals surface area contributed by atoms with E-state index < -0.39 is 18.1 Å². The Bertz CT molecular complexity index is 1160. The average Bonchev–Trinajstić information content (AvgIpc) is 3.64. The van der Waals surface area contributed by atoms with Crippen molar-refractivity contribution in [3.8, 4) is 0 Å². The lowest BCUT2D eigenvalue weighted by molar-refractivity contribution is -0.161. The number of nitrogens with zero attached hydrogens (tertiary/aromatic N) is 3. The van der Waals surface area contributed by atoms with Crippen LogP contribution in [0.1, 0.15) is 47.7 Å². The molecule has 0 radical (unpaired) electrons. The number of hydrogen-bond donors (Lipinski definition) is 1. The molecule has 8 heteroatoms. The Kier molecular flexibility index (Phi) is 6.44. The van der Waals surface area contributed by atoms with Gasteiger partial charge < -0.3 is 19.9 Å². The molecular formula is C29H34N4O4. The first kappa shape index (κ1) is 24.1. The molecule has 8 nitrogen and oxygen atoms in total. The van der Waals surface area contributed by atoms with E-state index in [-0.39, 0.29) is 23.6 Å². The van der Waals surface area contributed by atoms with E-state index in [2.05, 4.69) is 22.4 Å². The summed E-state index contributed by atoms with van der Waals surface area (Å²) in [4.78, 5) is 50.0. The number of hydrogen-bond acceptors (Lipinski definition) is 5. The monoisotopic (exact) mass is 502 g/mol. The van der Waals surface area contributed by atoms with Gasteiger partial charge in [-0.2, -0.15) is 0 Å². The van der Waals surface area contributed by atoms with Crippen molar-refractivity contribution < 1.29 is 19.1 Å². The largest absolute Gasteiger partial charge is 0.378 e. The minimum atomic E-state index is -0.889. The standard InChI is InChI=1S/C29H34N4O4/c1-18-6-9-22(17-30-18)26(29(36)32-10-12-37-13-11-32)33-24(14-19-7-8-19)27(34)31-25(28(33)35)23-15-20-4-2-3-5-21(20)16-23/h2-6,9,17,19,23-26H,7-8,10-16H2,1H3,(H,31,34)/t24-,25-,26-/m1/s1. The van der Waals surface area contributed by atoms with Gasteiger partial charge in [-0.25, -0.2) is 0 Å². The predicted octanol–water partition coefficient (Wildman–Crippen LogP) is 2.20. The van der Waals surface area contributed by atoms with Crippen LogP contribution in [0.15, 0.2) is 42.6 Å². The number of ether oxygens (including phenoxy) is 1. The molecule has 3 heterocycles. The van der Waals surface area contributed by atoms with Gasteiger partial charge in [0.05, 0.1) is 13.2 Å². The SMILES string of the molecule is Cc1ccc([C@H](C(=O)N2CCOCC2)N2C(=O)[C@@H](C3Cc4ccccc4C3)NC(=O)[C@H]2CC2CC2)cn1. The highest BCUT2D eigenvalue weighted by Gasteiger charge is 2.51. The van der Waals surface area contributed by atoms with Crippen LogP contribution in [0.2, 0.25) is 0 Å². The van der Waals surface area contributed by atoms with Crippen LogP contribution in [-0.4, -0.2) is 70.9 Å². The van der Waals surface area contributed by atoms with E-state index in [1.54, 1.807) is 16.0 Å². The topological polar surface area (TPSA) is 91.8 Å². The summed E-state index contributed by atoms with van der Waals surface area (Å²) in [6.07, 6.45) is 5.86. The predicted molar refractivity (Wildman–Crippen MR) is 136 cm³/mol. The van der Waals surface area contributed by atoms with E-state index in [0.29, 0.717) is 44.2 Å². The van der Waals surface area contributed by atoms with Crippen molar-refractivity contribution in [2.45, 2.75) is 57.2 Å². The van der Waals surface area contributed by atoms with E-state index in [9.17, 15) is 14.4 Å². The molecule has 4 aliphatic rings. The summed E-state index contributed by atoms with van der Waals surface area (Å²) in [5, 5.41) is 3.10. The highest BCUT2D eigenvalue weighted by atomic mass is 16.5. The van der Waals surface area contributed by atoms with Gasteiger partial charge in [0.1, 0.15) is 18.1 Å². The maximum atomic E-state index is 14.4. The van der Waals surface area contributed by atoms with Gasteiger partial charge in [0.15, 0.2) is 0 Å². The third-order valence-electron chi connectivity index (χ3n) is 8.35. The first-order valence-electron chi connectivity index (χ1n) is 13.5. The summed E-state index contributed by atoms with van der Waals surface area (Å²) >= 11 is 0. The molecule has 6 rings (SSSR count). The van der Waals surface area contributed by atoms with Gasteiger partial charge in [0.2, 0.25) is 17.7 Å². The van der Waals surface area contributed by atoms with Gasteiger partial charge in [-0.1, -0.05) is 43.2 Å². The van der Waals surface area contributed by atoms with Crippen LogP contribution >= 0.6 is 0 Å². The minimum Gasteiger partial charge on any atom is -0.378 e. The van der Waals surface area contributed by atoms with Crippen LogP contribution in [0.5, 0.6) is 0 Å². The quantitative estimate of drug-likeness (QED) is 0.654. The summed E-state index contributed by atoms with van der Waals surface area (Å²) in [5.74, 6) is -0.0871. The lowest BCUT2D eigenvalue weighted by Gasteiger charge is -2.45. The minimum absolute atomic E-state index is 0.0338. The molecule has 3 fully saturated rings. The van der Waals surface area contributed by atoms with E-state index in [4.69, 9.17) is 4.74 Å². The number of carbonyl (C=O) groups excluding carboxylic acids is 3. The number of amides is 3. The van der Waals surface area contributed by atoms with Gasteiger partial charge in [-0.15, -0.1) is 0 Å². The fourth-order valence-electron chi connectivity index (χ4n) is 6.12. The summed E-state index contributed by atoms with van der Waals surface area (Å²) < 4.78 is 5.48. The average molecular weight is 503 g/mol. The first-order valence-corrected chi connectivity index (χ1v) is 13.5. The number of piperazine rings is 1. The highest BCUT2D eigenvalue weighted by Crippen LogP contribution is 2.40. The molecule has 0 spiro atoms. The van der Waals surface area contributed by atoms with Crippen molar-refractivity contribution in [1.82, 2.24) is 20.1 Å². The fourth-order valence-corrected chi connectivity index (χ4v) is 6.12. The Hall–Kier alpha value is -3.26. The second-order valence-electron chi connectivity index (χ2n) is 10.9. The van der Waals surface area contributed by atoms with Gasteiger partial charge in [-0.05, 0) is 55.2 Å². The van der Waals surface area contributed by atoms with Crippen LogP contribution in [0.3, 0.4) is 0 Å². The van der Waals surface area contributed by atoms with Gasteiger partial charge >= 0.3 is 0 Å². The van der Waals surface area contributed by atoms with Crippen molar-refractivity contribution in [1.29, 1.82) is 0 Å². The molecule has 0 bridgehead atoms. The summed E-state index contributed by atoms with van der Waals surface area (Å²) in [5.41, 5.74) is 3.94. The second kappa shape index (κ2) is 9.89. The lowest BCUT2D eigenvalue weighted by Crippen LogP contribution is -2.67. The molecule has 3 amide bonds. The zero-order chi connectivity index (χ0) is 25.5.